The molecule has 0 aliphatic carbocycles. The number of sulfone groups is 1. The first kappa shape index (κ1) is 18.0. The van der Waals surface area contributed by atoms with Crippen LogP contribution in [0.2, 0.25) is 0 Å². The molecule has 0 spiro atoms. The first-order valence-corrected chi connectivity index (χ1v) is 10.8. The number of nitrogens with zero attached hydrogens (tertiary/aromatic N) is 1. The van der Waals surface area contributed by atoms with Crippen LogP contribution in [-0.4, -0.2) is 38.2 Å². The zero-order valence-corrected chi connectivity index (χ0v) is 15.6. The highest BCUT2D eigenvalue weighted by molar-refractivity contribution is 7.91. The molecule has 1 aliphatic heterocycles. The first-order chi connectivity index (χ1) is 12.0. The number of carbonyl (C=O) groups excluding carboxylic acids is 1. The van der Waals surface area contributed by atoms with Gasteiger partial charge in [0.15, 0.2) is 15.0 Å². The second-order valence-corrected chi connectivity index (χ2v) is 9.31. The highest BCUT2D eigenvalue weighted by Crippen LogP contribution is 2.31. The molecule has 1 aromatic heterocycles. The van der Waals surface area contributed by atoms with Crippen molar-refractivity contribution in [3.63, 3.8) is 0 Å². The molecule has 1 amide bonds. The van der Waals surface area contributed by atoms with Crippen LogP contribution in [0.1, 0.15) is 40.9 Å². The van der Waals surface area contributed by atoms with Crippen LogP contribution < -0.4 is 10.6 Å². The fourth-order valence-corrected chi connectivity index (χ4v) is 4.65. The number of benzene rings is 1. The molecule has 1 saturated heterocycles. The molecule has 0 bridgehead atoms. The molecule has 1 fully saturated rings. The van der Waals surface area contributed by atoms with Crippen LogP contribution in [0.25, 0.3) is 0 Å². The third-order valence-corrected chi connectivity index (χ3v) is 7.17. The molecule has 3 rings (SSSR count). The van der Waals surface area contributed by atoms with Crippen molar-refractivity contribution in [2.45, 2.75) is 30.6 Å². The minimum atomic E-state index is -3.26. The van der Waals surface area contributed by atoms with Gasteiger partial charge in [-0.05, 0) is 56.1 Å². The lowest BCUT2D eigenvalue weighted by molar-refractivity contribution is 0.102. The molecule has 0 atom stereocenters. The van der Waals surface area contributed by atoms with E-state index in [-0.39, 0.29) is 16.6 Å². The van der Waals surface area contributed by atoms with Crippen molar-refractivity contribution in [3.05, 3.63) is 40.9 Å². The average Bonchev–Trinajstić information content (AvgIpc) is 3.11. The summed E-state index contributed by atoms with van der Waals surface area (Å²) in [4.78, 5) is 18.0. The van der Waals surface area contributed by atoms with E-state index >= 15 is 0 Å². The summed E-state index contributed by atoms with van der Waals surface area (Å²) in [5, 5.41) is 6.70. The van der Waals surface area contributed by atoms with Gasteiger partial charge >= 0.3 is 0 Å². The predicted molar refractivity (Wildman–Crippen MR) is 99.1 cm³/mol. The van der Waals surface area contributed by atoms with Gasteiger partial charge in [-0.15, -0.1) is 11.3 Å². The van der Waals surface area contributed by atoms with Crippen LogP contribution in [0.5, 0.6) is 0 Å². The van der Waals surface area contributed by atoms with Gasteiger partial charge in [-0.2, -0.15) is 0 Å². The Morgan fingerprint density at radius 1 is 1.28 bits per heavy atom. The zero-order valence-electron chi connectivity index (χ0n) is 14.0. The lowest BCUT2D eigenvalue weighted by Gasteiger charge is -2.20. The summed E-state index contributed by atoms with van der Waals surface area (Å²) in [6.07, 6.45) is 4.01. The molecule has 2 N–H and O–H groups in total. The highest BCUT2D eigenvalue weighted by Gasteiger charge is 2.19. The van der Waals surface area contributed by atoms with Crippen molar-refractivity contribution in [2.24, 2.45) is 0 Å². The molecule has 8 heteroatoms. The molecule has 0 unspecified atom stereocenters. The SMILES string of the molecule is CCS(=O)(=O)c1ccc(C(=O)Nc2ncc(C3CCNCC3)s2)cc1. The molecular weight excluding hydrogens is 358 g/mol. The average molecular weight is 380 g/mol. The maximum Gasteiger partial charge on any atom is 0.257 e. The Morgan fingerprint density at radius 3 is 2.60 bits per heavy atom. The maximum atomic E-state index is 12.3. The van der Waals surface area contributed by atoms with E-state index in [1.165, 1.54) is 40.5 Å². The Morgan fingerprint density at radius 2 is 1.96 bits per heavy atom. The van der Waals surface area contributed by atoms with Gasteiger partial charge in [0.05, 0.1) is 10.6 Å². The third kappa shape index (κ3) is 4.26. The number of rotatable bonds is 5. The Labute approximate surface area is 151 Å². The van der Waals surface area contributed by atoms with Gasteiger partial charge in [-0.25, -0.2) is 13.4 Å². The molecule has 2 heterocycles. The van der Waals surface area contributed by atoms with Crippen molar-refractivity contribution in [1.29, 1.82) is 0 Å². The van der Waals surface area contributed by atoms with Crippen LogP contribution in [0.4, 0.5) is 5.13 Å². The summed E-state index contributed by atoms with van der Waals surface area (Å²) in [5.41, 5.74) is 0.411. The highest BCUT2D eigenvalue weighted by atomic mass is 32.2. The van der Waals surface area contributed by atoms with E-state index in [0.717, 1.165) is 25.9 Å². The number of piperidine rings is 1. The first-order valence-electron chi connectivity index (χ1n) is 8.30. The lowest BCUT2D eigenvalue weighted by Crippen LogP contribution is -2.26. The van der Waals surface area contributed by atoms with E-state index in [9.17, 15) is 13.2 Å². The number of anilines is 1. The molecule has 1 aliphatic rings. The van der Waals surface area contributed by atoms with Gasteiger partial charge in [0.1, 0.15) is 0 Å². The van der Waals surface area contributed by atoms with Crippen LogP contribution >= 0.6 is 11.3 Å². The number of hydrogen-bond acceptors (Lipinski definition) is 6. The fourth-order valence-electron chi connectivity index (χ4n) is 2.79. The molecule has 0 radical (unpaired) electrons. The summed E-state index contributed by atoms with van der Waals surface area (Å²) in [6, 6.07) is 5.99. The number of hydrogen-bond donors (Lipinski definition) is 2. The molecule has 1 aromatic carbocycles. The zero-order chi connectivity index (χ0) is 17.9. The minimum absolute atomic E-state index is 0.0388. The lowest BCUT2D eigenvalue weighted by atomic mass is 9.97. The van der Waals surface area contributed by atoms with Crippen molar-refractivity contribution < 1.29 is 13.2 Å². The summed E-state index contributed by atoms with van der Waals surface area (Å²) in [7, 11) is -3.26. The third-order valence-electron chi connectivity index (χ3n) is 4.34. The topological polar surface area (TPSA) is 88.2 Å². The molecule has 134 valence electrons. The number of aromatic nitrogens is 1. The van der Waals surface area contributed by atoms with Gasteiger partial charge in [0.25, 0.3) is 5.91 Å². The van der Waals surface area contributed by atoms with Gasteiger partial charge < -0.3 is 5.32 Å². The smallest absolute Gasteiger partial charge is 0.257 e. The van der Waals surface area contributed by atoms with Crippen LogP contribution in [-0.2, 0) is 9.84 Å². The Kier molecular flexibility index (Phi) is 5.51. The second-order valence-electron chi connectivity index (χ2n) is 5.97. The van der Waals surface area contributed by atoms with Crippen molar-refractivity contribution >= 4 is 32.2 Å². The maximum absolute atomic E-state index is 12.3. The van der Waals surface area contributed by atoms with Crippen LogP contribution in [0.3, 0.4) is 0 Å². The van der Waals surface area contributed by atoms with E-state index < -0.39 is 9.84 Å². The fraction of sp³-hybridized carbons (Fsp3) is 0.412. The summed E-state index contributed by atoms with van der Waals surface area (Å²) >= 11 is 1.51. The van der Waals surface area contributed by atoms with Crippen LogP contribution in [0.15, 0.2) is 35.4 Å². The van der Waals surface area contributed by atoms with Gasteiger partial charge in [-0.1, -0.05) is 6.92 Å². The standard InChI is InChI=1S/C17H21N3O3S2/c1-2-25(22,23)14-5-3-13(4-6-14)16(21)20-17-19-11-15(24-17)12-7-9-18-10-8-12/h3-6,11-12,18H,2,7-10H2,1H3,(H,19,20,21). The second kappa shape index (κ2) is 7.63. The number of amides is 1. The number of thiazole rings is 1. The summed E-state index contributed by atoms with van der Waals surface area (Å²) in [6.45, 7) is 3.62. The van der Waals surface area contributed by atoms with E-state index in [4.69, 9.17) is 0 Å². The monoisotopic (exact) mass is 379 g/mol. The largest absolute Gasteiger partial charge is 0.317 e. The van der Waals surface area contributed by atoms with Gasteiger partial charge in [-0.3, -0.25) is 10.1 Å². The molecule has 25 heavy (non-hydrogen) atoms. The molecule has 0 saturated carbocycles. The Hall–Kier alpha value is -1.77. The van der Waals surface area contributed by atoms with Crippen LogP contribution in [0, 0.1) is 0 Å². The minimum Gasteiger partial charge on any atom is -0.317 e. The summed E-state index contributed by atoms with van der Waals surface area (Å²) in [5.74, 6) is 0.256. The van der Waals surface area contributed by atoms with E-state index in [1.807, 2.05) is 6.20 Å². The van der Waals surface area contributed by atoms with E-state index in [1.54, 1.807) is 6.92 Å². The Bertz CT molecular complexity index is 838. The van der Waals surface area contributed by atoms with E-state index in [2.05, 4.69) is 15.6 Å². The van der Waals surface area contributed by atoms with Gasteiger partial charge in [0.2, 0.25) is 0 Å². The predicted octanol–water partition coefficient (Wildman–Crippen LogP) is 2.66. The molecule has 2 aromatic rings. The van der Waals surface area contributed by atoms with Crippen molar-refractivity contribution in [3.8, 4) is 0 Å². The normalized spacial score (nSPS) is 15.9. The van der Waals surface area contributed by atoms with Gasteiger partial charge in [0, 0.05) is 16.6 Å². The summed E-state index contributed by atoms with van der Waals surface area (Å²) < 4.78 is 23.6. The quantitative estimate of drug-likeness (QED) is 0.834. The van der Waals surface area contributed by atoms with Crippen molar-refractivity contribution in [2.75, 3.05) is 24.2 Å². The number of nitrogens with one attached hydrogen (secondary N) is 2. The Balaban J connectivity index is 1.67. The van der Waals surface area contributed by atoms with E-state index in [0.29, 0.717) is 16.6 Å². The molecule has 6 nitrogen and oxygen atoms in total. The molecular formula is C17H21N3O3S2. The van der Waals surface area contributed by atoms with Crippen molar-refractivity contribution in [1.82, 2.24) is 10.3 Å². The number of carbonyl (C=O) groups is 1.